The zero-order valence-corrected chi connectivity index (χ0v) is 31.4. The summed E-state index contributed by atoms with van der Waals surface area (Å²) in [5, 5.41) is 2.00. The first-order valence-corrected chi connectivity index (χ1v) is 19.8. The van der Waals surface area contributed by atoms with Gasteiger partial charge in [-0.2, -0.15) is 0 Å². The summed E-state index contributed by atoms with van der Waals surface area (Å²) in [7, 11) is 0. The number of nitrogens with zero attached hydrogens (tertiary/aromatic N) is 1. The summed E-state index contributed by atoms with van der Waals surface area (Å²) >= 11 is 1.54. The Bertz CT molecular complexity index is 3470. The van der Waals surface area contributed by atoms with Gasteiger partial charge in [-0.05, 0) is 86.4 Å². The van der Waals surface area contributed by atoms with Crippen LogP contribution in [-0.2, 0) is 5.41 Å². The topological polar surface area (TPSA) is 3.24 Å². The van der Waals surface area contributed by atoms with Crippen LogP contribution in [0.15, 0.2) is 224 Å². The van der Waals surface area contributed by atoms with E-state index in [4.69, 9.17) is 2.74 Å². The van der Waals surface area contributed by atoms with E-state index in [0.29, 0.717) is 16.8 Å². The predicted octanol–water partition coefficient (Wildman–Crippen LogP) is 15.2. The van der Waals surface area contributed by atoms with Gasteiger partial charge in [0.05, 0.1) is 22.1 Å². The third-order valence-corrected chi connectivity index (χ3v) is 12.4. The normalized spacial score (nSPS) is 14.7. The fourth-order valence-corrected chi connectivity index (χ4v) is 9.95. The molecule has 1 aromatic heterocycles. The Morgan fingerprint density at radius 1 is 0.421 bits per heavy atom. The Balaban J connectivity index is 1.26. The van der Waals surface area contributed by atoms with Crippen molar-refractivity contribution in [2.75, 3.05) is 4.90 Å². The van der Waals surface area contributed by atoms with Gasteiger partial charge in [0.1, 0.15) is 0 Å². The number of anilines is 3. The van der Waals surface area contributed by atoms with Gasteiger partial charge in [-0.3, -0.25) is 0 Å². The fraction of sp³-hybridized carbons (Fsp3) is 0.0182. The van der Waals surface area contributed by atoms with Crippen molar-refractivity contribution < 1.29 is 11.0 Å². The lowest BCUT2D eigenvalue weighted by Crippen LogP contribution is -2.28. The molecule has 0 atom stereocenters. The Morgan fingerprint density at radius 2 is 1.04 bits per heavy atom. The average Bonchev–Trinajstić information content (AvgIpc) is 3.88. The Morgan fingerprint density at radius 3 is 1.81 bits per heavy atom. The number of rotatable bonds is 7. The fourth-order valence-electron chi connectivity index (χ4n) is 8.73. The molecule has 11 rings (SSSR count). The van der Waals surface area contributed by atoms with Crippen LogP contribution in [0.3, 0.4) is 0 Å². The second-order valence-electron chi connectivity index (χ2n) is 14.2. The summed E-state index contributed by atoms with van der Waals surface area (Å²) in [6, 6.07) is 54.6. The van der Waals surface area contributed by atoms with Gasteiger partial charge >= 0.3 is 0 Å². The molecule has 0 saturated heterocycles. The minimum Gasteiger partial charge on any atom is -0.310 e. The van der Waals surface area contributed by atoms with E-state index < -0.39 is 17.5 Å². The van der Waals surface area contributed by atoms with E-state index in [-0.39, 0.29) is 58.8 Å². The maximum atomic E-state index is 9.95. The summed E-state index contributed by atoms with van der Waals surface area (Å²) < 4.78 is 78.3. The first-order chi connectivity index (χ1) is 31.6. The van der Waals surface area contributed by atoms with Crippen molar-refractivity contribution in [2.45, 2.75) is 5.41 Å². The van der Waals surface area contributed by atoms with Crippen molar-refractivity contribution in [1.82, 2.24) is 0 Å². The standard InChI is InChI=1S/C55H37NS/c1-4-17-38(18-5-1)44-23-11-14-29-52(44)56(42-33-31-39(32-34-42)45-26-16-27-49-48-25-12-15-30-53(48)57-54(45)49)43-35-36-47-46-24-10-13-28-50(46)55(51(47)37-43,40-19-6-2-7-20-40)41-21-8-3-9-22-41/h1-37H/i11D,14D,23D,29D,31D,32D,33D,34D. The summed E-state index contributed by atoms with van der Waals surface area (Å²) in [6.45, 7) is 0. The molecule has 1 aliphatic rings. The van der Waals surface area contributed by atoms with Crippen LogP contribution in [0, 0.1) is 0 Å². The van der Waals surface area contributed by atoms with Crippen LogP contribution in [0.25, 0.3) is 53.6 Å². The molecule has 9 aromatic carbocycles. The third kappa shape index (κ3) is 5.29. The lowest BCUT2D eigenvalue weighted by molar-refractivity contribution is 0.768. The quantitative estimate of drug-likeness (QED) is 0.157. The molecule has 0 aliphatic heterocycles. The van der Waals surface area contributed by atoms with Crippen molar-refractivity contribution in [1.29, 1.82) is 0 Å². The van der Waals surface area contributed by atoms with Crippen LogP contribution in [0.2, 0.25) is 0 Å². The van der Waals surface area contributed by atoms with E-state index in [9.17, 15) is 8.22 Å². The minimum absolute atomic E-state index is 0.00263. The largest absolute Gasteiger partial charge is 0.310 e. The van der Waals surface area contributed by atoms with Crippen LogP contribution in [0.4, 0.5) is 17.1 Å². The molecule has 268 valence electrons. The number of thiophene rings is 1. The van der Waals surface area contributed by atoms with Crippen molar-refractivity contribution in [3.63, 3.8) is 0 Å². The molecule has 0 spiro atoms. The molecule has 0 N–H and O–H groups in total. The summed E-state index contributed by atoms with van der Waals surface area (Å²) in [4.78, 5) is 1.54. The van der Waals surface area contributed by atoms with Gasteiger partial charge in [0.2, 0.25) is 0 Å². The Kier molecular flexibility index (Phi) is 6.21. The number of fused-ring (bicyclic) bond motifs is 6. The minimum atomic E-state index is -0.851. The molecule has 0 radical (unpaired) electrons. The maximum Gasteiger partial charge on any atom is 0.0714 e. The number of para-hydroxylation sites is 1. The molecule has 2 heteroatoms. The summed E-state index contributed by atoms with van der Waals surface area (Å²) in [5.41, 5.74) is 6.76. The van der Waals surface area contributed by atoms with E-state index in [1.807, 2.05) is 115 Å². The van der Waals surface area contributed by atoms with Crippen molar-refractivity contribution in [3.8, 4) is 33.4 Å². The van der Waals surface area contributed by atoms with E-state index in [2.05, 4.69) is 36.4 Å². The molecule has 1 nitrogen and oxygen atoms in total. The number of benzene rings is 9. The van der Waals surface area contributed by atoms with Gasteiger partial charge in [0.15, 0.2) is 0 Å². The molecule has 0 amide bonds. The molecule has 1 heterocycles. The van der Waals surface area contributed by atoms with Crippen LogP contribution >= 0.6 is 11.3 Å². The molecular formula is C55H37NS. The summed E-state index contributed by atoms with van der Waals surface area (Å²) in [6.07, 6.45) is 0. The summed E-state index contributed by atoms with van der Waals surface area (Å²) in [5.74, 6) is 0. The van der Waals surface area contributed by atoms with Gasteiger partial charge in [0, 0.05) is 37.1 Å². The van der Waals surface area contributed by atoms with E-state index >= 15 is 0 Å². The molecule has 0 saturated carbocycles. The molecule has 57 heavy (non-hydrogen) atoms. The molecule has 0 unspecified atom stereocenters. The van der Waals surface area contributed by atoms with Crippen molar-refractivity contribution in [2.24, 2.45) is 0 Å². The highest BCUT2D eigenvalue weighted by Crippen LogP contribution is 2.57. The van der Waals surface area contributed by atoms with Crippen LogP contribution in [0.1, 0.15) is 33.2 Å². The second kappa shape index (κ2) is 13.6. The first kappa shape index (κ1) is 26.0. The lowest BCUT2D eigenvalue weighted by atomic mass is 9.67. The van der Waals surface area contributed by atoms with Crippen LogP contribution in [-0.4, -0.2) is 0 Å². The lowest BCUT2D eigenvalue weighted by Gasteiger charge is -2.35. The van der Waals surface area contributed by atoms with E-state index in [1.54, 1.807) is 35.6 Å². The smallest absolute Gasteiger partial charge is 0.0714 e. The predicted molar refractivity (Wildman–Crippen MR) is 242 cm³/mol. The van der Waals surface area contributed by atoms with Gasteiger partial charge in [-0.1, -0.05) is 188 Å². The van der Waals surface area contributed by atoms with E-state index in [0.717, 1.165) is 53.6 Å². The van der Waals surface area contributed by atoms with Gasteiger partial charge in [-0.15, -0.1) is 11.3 Å². The number of hydrogen-bond donors (Lipinski definition) is 0. The number of hydrogen-bond acceptors (Lipinski definition) is 2. The molecular weight excluding hydrogens is 707 g/mol. The molecule has 0 bridgehead atoms. The molecule has 10 aromatic rings. The van der Waals surface area contributed by atoms with Gasteiger partial charge in [-0.25, -0.2) is 0 Å². The first-order valence-electron chi connectivity index (χ1n) is 22.9. The molecule has 0 fully saturated rings. The van der Waals surface area contributed by atoms with Gasteiger partial charge in [0.25, 0.3) is 0 Å². The Hall–Kier alpha value is -7.00. The Labute approximate surface area is 348 Å². The molecule has 1 aliphatic carbocycles. The maximum absolute atomic E-state index is 9.95. The highest BCUT2D eigenvalue weighted by molar-refractivity contribution is 7.26. The monoisotopic (exact) mass is 751 g/mol. The SMILES string of the molecule is [2H]c1c([2H])c([2H])c(N(c2ccc3c(c2)C(c2ccccc2)(c2ccccc2)c2ccccc2-3)c2c([2H])c([2H])c(-c3cccc4c3sc3ccccc34)c([2H])c2[2H])c(-c2ccccc2)c1[2H]. The van der Waals surface area contributed by atoms with E-state index in [1.165, 1.54) is 4.90 Å². The highest BCUT2D eigenvalue weighted by Gasteiger charge is 2.46. The zero-order chi connectivity index (χ0) is 44.7. The van der Waals surface area contributed by atoms with Crippen molar-refractivity contribution >= 4 is 48.6 Å². The van der Waals surface area contributed by atoms with Gasteiger partial charge < -0.3 is 4.90 Å². The highest BCUT2D eigenvalue weighted by atomic mass is 32.1. The third-order valence-electron chi connectivity index (χ3n) is 11.2. The second-order valence-corrected chi connectivity index (χ2v) is 15.2. The zero-order valence-electron chi connectivity index (χ0n) is 38.6. The van der Waals surface area contributed by atoms with Crippen LogP contribution in [0.5, 0.6) is 0 Å². The van der Waals surface area contributed by atoms with Crippen molar-refractivity contribution in [3.05, 3.63) is 247 Å². The average molecular weight is 752 g/mol. The van der Waals surface area contributed by atoms with Crippen LogP contribution < -0.4 is 4.90 Å².